The molecule has 0 saturated carbocycles. The third-order valence-corrected chi connectivity index (χ3v) is 4.06. The van der Waals surface area contributed by atoms with Crippen LogP contribution in [0.2, 0.25) is 0 Å². The predicted octanol–water partition coefficient (Wildman–Crippen LogP) is 2.68. The molecule has 1 aliphatic heterocycles. The summed E-state index contributed by atoms with van der Waals surface area (Å²) in [6, 6.07) is 3.95. The van der Waals surface area contributed by atoms with Crippen LogP contribution in [0, 0.1) is 11.6 Å². The third kappa shape index (κ3) is 1.88. The van der Waals surface area contributed by atoms with Gasteiger partial charge >= 0.3 is 0 Å². The first-order valence-corrected chi connectivity index (χ1v) is 5.86. The van der Waals surface area contributed by atoms with Crippen molar-refractivity contribution < 1.29 is 13.9 Å². The second kappa shape index (κ2) is 3.76. The molecule has 1 N–H and O–H groups in total. The van der Waals surface area contributed by atoms with E-state index in [4.69, 9.17) is 0 Å². The zero-order valence-electron chi connectivity index (χ0n) is 8.34. The van der Waals surface area contributed by atoms with Gasteiger partial charge in [-0.15, -0.1) is 0 Å². The number of hydrogen-bond acceptors (Lipinski definition) is 2. The van der Waals surface area contributed by atoms with E-state index in [1.54, 1.807) is 11.8 Å². The quantitative estimate of drug-likeness (QED) is 0.800. The summed E-state index contributed by atoms with van der Waals surface area (Å²) >= 11 is 1.57. The third-order valence-electron chi connectivity index (χ3n) is 2.68. The first kappa shape index (κ1) is 10.9. The van der Waals surface area contributed by atoms with Crippen LogP contribution in [-0.2, 0) is 5.60 Å². The van der Waals surface area contributed by atoms with E-state index < -0.39 is 17.2 Å². The van der Waals surface area contributed by atoms with Gasteiger partial charge in [-0.2, -0.15) is 11.8 Å². The van der Waals surface area contributed by atoms with Crippen LogP contribution in [0.25, 0.3) is 0 Å². The summed E-state index contributed by atoms with van der Waals surface area (Å²) in [5.74, 6) is -1.39. The molecule has 0 amide bonds. The van der Waals surface area contributed by atoms with Gasteiger partial charge in [-0.05, 0) is 12.5 Å². The van der Waals surface area contributed by atoms with Crippen LogP contribution in [-0.4, -0.2) is 16.1 Å². The number of thioether (sulfide) groups is 1. The molecule has 0 spiro atoms. The molecule has 0 aliphatic carbocycles. The molecule has 1 heterocycles. The molecule has 2 unspecified atom stereocenters. The molecule has 2 atom stereocenters. The van der Waals surface area contributed by atoms with Gasteiger partial charge in [0.25, 0.3) is 0 Å². The molecule has 0 aromatic heterocycles. The first-order valence-electron chi connectivity index (χ1n) is 4.81. The molecule has 4 heteroatoms. The average molecular weight is 230 g/mol. The summed E-state index contributed by atoms with van der Waals surface area (Å²) < 4.78 is 26.5. The van der Waals surface area contributed by atoms with E-state index in [1.165, 1.54) is 12.1 Å². The molecular weight excluding hydrogens is 218 g/mol. The summed E-state index contributed by atoms with van der Waals surface area (Å²) in [7, 11) is 0. The SMILES string of the molecule is CC1CC(O)(c2cccc(F)c2F)CS1. The zero-order valence-corrected chi connectivity index (χ0v) is 9.15. The van der Waals surface area contributed by atoms with Gasteiger partial charge in [0.15, 0.2) is 11.6 Å². The molecule has 1 aromatic carbocycles. The second-order valence-corrected chi connectivity index (χ2v) is 5.39. The van der Waals surface area contributed by atoms with Crippen LogP contribution in [0.3, 0.4) is 0 Å². The van der Waals surface area contributed by atoms with Crippen molar-refractivity contribution in [3.63, 3.8) is 0 Å². The fraction of sp³-hybridized carbons (Fsp3) is 0.455. The lowest BCUT2D eigenvalue weighted by Gasteiger charge is -2.22. The Morgan fingerprint density at radius 2 is 2.20 bits per heavy atom. The molecule has 1 fully saturated rings. The van der Waals surface area contributed by atoms with Crippen LogP contribution >= 0.6 is 11.8 Å². The van der Waals surface area contributed by atoms with E-state index in [0.29, 0.717) is 12.2 Å². The van der Waals surface area contributed by atoms with Gasteiger partial charge in [0, 0.05) is 16.6 Å². The van der Waals surface area contributed by atoms with Crippen molar-refractivity contribution >= 4 is 11.8 Å². The Hall–Kier alpha value is -0.610. The summed E-state index contributed by atoms with van der Waals surface area (Å²) in [5.41, 5.74) is -1.13. The molecule has 15 heavy (non-hydrogen) atoms. The molecule has 0 radical (unpaired) electrons. The maximum Gasteiger partial charge on any atom is 0.164 e. The van der Waals surface area contributed by atoms with Gasteiger partial charge in [-0.25, -0.2) is 8.78 Å². The molecule has 82 valence electrons. The minimum Gasteiger partial charge on any atom is -0.384 e. The van der Waals surface area contributed by atoms with E-state index in [9.17, 15) is 13.9 Å². The van der Waals surface area contributed by atoms with Gasteiger partial charge in [-0.3, -0.25) is 0 Å². The first-order chi connectivity index (χ1) is 7.03. The minimum atomic E-state index is -1.21. The van der Waals surface area contributed by atoms with Gasteiger partial charge in [0.1, 0.15) is 5.60 Å². The highest BCUT2D eigenvalue weighted by molar-refractivity contribution is 8.00. The predicted molar refractivity (Wildman–Crippen MR) is 56.8 cm³/mol. The van der Waals surface area contributed by atoms with E-state index >= 15 is 0 Å². The molecule has 1 saturated heterocycles. The summed E-state index contributed by atoms with van der Waals surface area (Å²) in [4.78, 5) is 0. The Balaban J connectivity index is 2.41. The fourth-order valence-corrected chi connectivity index (χ4v) is 3.15. The second-order valence-electron chi connectivity index (χ2n) is 3.96. The van der Waals surface area contributed by atoms with E-state index in [0.717, 1.165) is 6.07 Å². The highest BCUT2D eigenvalue weighted by atomic mass is 32.2. The van der Waals surface area contributed by atoms with E-state index in [1.807, 2.05) is 6.92 Å². The smallest absolute Gasteiger partial charge is 0.164 e. The van der Waals surface area contributed by atoms with Crippen molar-refractivity contribution in [3.8, 4) is 0 Å². The van der Waals surface area contributed by atoms with Gasteiger partial charge in [0.05, 0.1) is 0 Å². The molecule has 0 bridgehead atoms. The van der Waals surface area contributed by atoms with Gasteiger partial charge in [-0.1, -0.05) is 19.1 Å². The van der Waals surface area contributed by atoms with Gasteiger partial charge < -0.3 is 5.11 Å². The number of halogens is 2. The van der Waals surface area contributed by atoms with Gasteiger partial charge in [0.2, 0.25) is 0 Å². The number of hydrogen-bond donors (Lipinski definition) is 1. The Kier molecular flexibility index (Phi) is 2.73. The summed E-state index contributed by atoms with van der Waals surface area (Å²) in [6.07, 6.45) is 0.470. The Morgan fingerprint density at radius 1 is 1.47 bits per heavy atom. The topological polar surface area (TPSA) is 20.2 Å². The van der Waals surface area contributed by atoms with Crippen LogP contribution < -0.4 is 0 Å². The number of aliphatic hydroxyl groups is 1. The molecular formula is C11H12F2OS. The lowest BCUT2D eigenvalue weighted by Crippen LogP contribution is -2.27. The Bertz CT molecular complexity index is 383. The molecule has 1 aromatic rings. The Morgan fingerprint density at radius 3 is 2.80 bits per heavy atom. The highest BCUT2D eigenvalue weighted by Crippen LogP contribution is 2.42. The molecule has 2 rings (SSSR count). The summed E-state index contributed by atoms with van der Waals surface area (Å²) in [5, 5.41) is 10.5. The lowest BCUT2D eigenvalue weighted by molar-refractivity contribution is 0.0566. The average Bonchev–Trinajstić information content (AvgIpc) is 2.52. The fourth-order valence-electron chi connectivity index (χ4n) is 1.92. The van der Waals surface area contributed by atoms with Crippen molar-refractivity contribution in [2.45, 2.75) is 24.2 Å². The number of rotatable bonds is 1. The zero-order chi connectivity index (χ0) is 11.1. The van der Waals surface area contributed by atoms with Crippen molar-refractivity contribution in [1.82, 2.24) is 0 Å². The molecule has 1 nitrogen and oxygen atoms in total. The monoisotopic (exact) mass is 230 g/mol. The van der Waals surface area contributed by atoms with Crippen LogP contribution in [0.1, 0.15) is 18.9 Å². The van der Waals surface area contributed by atoms with Crippen molar-refractivity contribution in [3.05, 3.63) is 35.4 Å². The van der Waals surface area contributed by atoms with Crippen LogP contribution in [0.15, 0.2) is 18.2 Å². The minimum absolute atomic E-state index is 0.0827. The lowest BCUT2D eigenvalue weighted by atomic mass is 9.91. The normalized spacial score (nSPS) is 30.8. The Labute approximate surface area is 91.5 Å². The van der Waals surface area contributed by atoms with E-state index in [-0.39, 0.29) is 10.8 Å². The van der Waals surface area contributed by atoms with Crippen molar-refractivity contribution in [2.24, 2.45) is 0 Å². The number of benzene rings is 1. The maximum absolute atomic E-state index is 13.5. The van der Waals surface area contributed by atoms with Crippen molar-refractivity contribution in [2.75, 3.05) is 5.75 Å². The standard InChI is InChI=1S/C11H12F2OS/c1-7-5-11(14,6-15-7)8-3-2-4-9(12)10(8)13/h2-4,7,14H,5-6H2,1H3. The largest absolute Gasteiger partial charge is 0.384 e. The molecule has 1 aliphatic rings. The highest BCUT2D eigenvalue weighted by Gasteiger charge is 2.39. The van der Waals surface area contributed by atoms with Crippen molar-refractivity contribution in [1.29, 1.82) is 0 Å². The van der Waals surface area contributed by atoms with Crippen LogP contribution in [0.5, 0.6) is 0 Å². The van der Waals surface area contributed by atoms with Crippen LogP contribution in [0.4, 0.5) is 8.78 Å². The summed E-state index contributed by atoms with van der Waals surface area (Å²) in [6.45, 7) is 1.97. The van der Waals surface area contributed by atoms with E-state index in [2.05, 4.69) is 0 Å². The maximum atomic E-state index is 13.5.